The number of imidazole rings is 1. The second-order valence-electron chi connectivity index (χ2n) is 9.20. The number of hydrogen-bond donors (Lipinski definition) is 2. The quantitative estimate of drug-likeness (QED) is 0.302. The Bertz CT molecular complexity index is 1510. The summed E-state index contributed by atoms with van der Waals surface area (Å²) in [4.78, 5) is 26.7. The maximum Gasteiger partial charge on any atom is 0.329 e. The number of aryl methyl sites for hydroxylation is 1. The molecule has 0 bridgehead atoms. The molecule has 0 unspecified atom stereocenters. The second kappa shape index (κ2) is 10.3. The van der Waals surface area contributed by atoms with Crippen molar-refractivity contribution in [2.24, 2.45) is 17.8 Å². The second-order valence-corrected chi connectivity index (χ2v) is 9.85. The molecule has 0 spiro atoms. The fourth-order valence-corrected chi connectivity index (χ4v) is 5.80. The summed E-state index contributed by atoms with van der Waals surface area (Å²) in [5.74, 6) is 0. The van der Waals surface area contributed by atoms with Gasteiger partial charge in [0.25, 0.3) is 0 Å². The lowest BCUT2D eigenvalue weighted by Gasteiger charge is -2.29. The Kier molecular flexibility index (Phi) is 6.93. The van der Waals surface area contributed by atoms with Gasteiger partial charge in [-0.25, -0.2) is 4.79 Å². The Hall–Kier alpha value is -3.43. The molecule has 5 rings (SSSR count). The van der Waals surface area contributed by atoms with Crippen LogP contribution in [-0.4, -0.2) is 44.7 Å². The van der Waals surface area contributed by atoms with Crippen molar-refractivity contribution in [3.05, 3.63) is 65.1 Å². The van der Waals surface area contributed by atoms with Gasteiger partial charge in [-0.3, -0.25) is 28.8 Å². The first-order valence-electron chi connectivity index (χ1n) is 12.1. The van der Waals surface area contributed by atoms with Gasteiger partial charge in [0.2, 0.25) is 0 Å². The fourth-order valence-electron chi connectivity index (χ4n) is 5.23. The largest absolute Gasteiger partial charge is 0.404 e. The molecule has 1 aromatic carbocycles. The first-order valence-corrected chi connectivity index (χ1v) is 13.4. The normalized spacial score (nSPS) is 19.0. The molecule has 36 heavy (non-hydrogen) atoms. The van der Waals surface area contributed by atoms with Crippen LogP contribution >= 0.6 is 11.9 Å². The van der Waals surface area contributed by atoms with Gasteiger partial charge >= 0.3 is 5.69 Å². The summed E-state index contributed by atoms with van der Waals surface area (Å²) in [6, 6.07) is 10.9. The van der Waals surface area contributed by atoms with Crippen molar-refractivity contribution in [3.8, 4) is 11.1 Å². The molecular weight excluding hydrogens is 470 g/mol. The highest BCUT2D eigenvalue weighted by atomic mass is 32.2. The van der Waals surface area contributed by atoms with Crippen LogP contribution in [-0.2, 0) is 7.05 Å². The van der Waals surface area contributed by atoms with Crippen LogP contribution in [0.3, 0.4) is 0 Å². The number of nitrogens with one attached hydrogen (secondary N) is 1. The molecule has 1 fully saturated rings. The summed E-state index contributed by atoms with van der Waals surface area (Å²) in [5.41, 5.74) is 12.0. The third-order valence-corrected chi connectivity index (χ3v) is 7.67. The molecule has 0 aliphatic heterocycles. The van der Waals surface area contributed by atoms with Gasteiger partial charge in [0.1, 0.15) is 0 Å². The molecule has 3 N–H and O–H groups in total. The molecule has 186 valence electrons. The Morgan fingerprint density at radius 3 is 2.58 bits per heavy atom. The zero-order chi connectivity index (χ0) is 25.2. The van der Waals surface area contributed by atoms with Gasteiger partial charge in [-0.1, -0.05) is 24.1 Å². The highest BCUT2D eigenvalue weighted by Gasteiger charge is 2.26. The van der Waals surface area contributed by atoms with Crippen molar-refractivity contribution in [3.63, 3.8) is 0 Å². The topological polar surface area (TPSA) is 103 Å². The lowest BCUT2D eigenvalue weighted by atomic mass is 9.91. The molecule has 3 aromatic heterocycles. The first-order chi connectivity index (χ1) is 17.5. The van der Waals surface area contributed by atoms with Crippen LogP contribution in [0.5, 0.6) is 0 Å². The number of fused-ring (bicyclic) bond motifs is 3. The van der Waals surface area contributed by atoms with E-state index in [1.54, 1.807) is 29.8 Å². The van der Waals surface area contributed by atoms with Crippen LogP contribution in [0.15, 0.2) is 58.7 Å². The molecule has 0 radical (unpaired) electrons. The zero-order valence-electron chi connectivity index (χ0n) is 20.8. The van der Waals surface area contributed by atoms with Gasteiger partial charge < -0.3 is 5.73 Å². The Balaban J connectivity index is 1.59. The van der Waals surface area contributed by atoms with E-state index in [1.165, 1.54) is 6.20 Å². The van der Waals surface area contributed by atoms with Crippen LogP contribution in [0, 0.1) is 0 Å². The highest BCUT2D eigenvalue weighted by Crippen LogP contribution is 2.34. The van der Waals surface area contributed by atoms with Crippen LogP contribution in [0.25, 0.3) is 38.6 Å². The number of nitrogens with two attached hydrogens (primary N) is 1. The lowest BCUT2D eigenvalue weighted by Crippen LogP contribution is -2.33. The van der Waals surface area contributed by atoms with Gasteiger partial charge in [-0.05, 0) is 55.7 Å². The molecule has 1 saturated carbocycles. The molecule has 4 aromatic rings. The monoisotopic (exact) mass is 501 g/mol. The molecule has 8 nitrogen and oxygen atoms in total. The maximum absolute atomic E-state index is 13.4. The molecule has 0 amide bonds. The minimum Gasteiger partial charge on any atom is -0.404 e. The average molecular weight is 502 g/mol. The number of benzene rings is 1. The predicted molar refractivity (Wildman–Crippen MR) is 150 cm³/mol. The van der Waals surface area contributed by atoms with Crippen molar-refractivity contribution in [2.75, 3.05) is 13.3 Å². The van der Waals surface area contributed by atoms with Crippen LogP contribution in [0.4, 0.5) is 0 Å². The van der Waals surface area contributed by atoms with E-state index in [0.29, 0.717) is 6.04 Å². The first kappa shape index (κ1) is 24.3. The van der Waals surface area contributed by atoms with E-state index in [9.17, 15) is 4.79 Å². The van der Waals surface area contributed by atoms with Gasteiger partial charge in [0, 0.05) is 61.3 Å². The van der Waals surface area contributed by atoms with E-state index in [0.717, 1.165) is 70.0 Å². The van der Waals surface area contributed by atoms with Crippen LogP contribution < -0.4 is 16.1 Å². The summed E-state index contributed by atoms with van der Waals surface area (Å²) >= 11 is 1.67. The fraction of sp³-hybridized carbons (Fsp3) is 0.333. The smallest absolute Gasteiger partial charge is 0.329 e. The number of pyridine rings is 2. The Labute approximate surface area is 214 Å². The van der Waals surface area contributed by atoms with Gasteiger partial charge in [0.15, 0.2) is 0 Å². The van der Waals surface area contributed by atoms with Gasteiger partial charge in [-0.2, -0.15) is 0 Å². The summed E-state index contributed by atoms with van der Waals surface area (Å²) in [5, 5.41) is 0.983. The number of allylic oxidation sites excluding steroid dienone is 1. The Morgan fingerprint density at radius 2 is 1.92 bits per heavy atom. The maximum atomic E-state index is 13.4. The number of aromatic nitrogens is 4. The molecule has 0 atom stereocenters. The summed E-state index contributed by atoms with van der Waals surface area (Å²) in [7, 11) is 3.54. The van der Waals surface area contributed by atoms with Crippen molar-refractivity contribution >= 4 is 45.7 Å². The molecule has 9 heteroatoms. The third kappa shape index (κ3) is 4.33. The lowest BCUT2D eigenvalue weighted by molar-refractivity contribution is 0.314. The molecule has 3 heterocycles. The van der Waals surface area contributed by atoms with Crippen LogP contribution in [0.2, 0.25) is 0 Å². The minimum atomic E-state index is 0.0238. The standard InChI is InChI=1S/C27H31N7OS/c1-29-14-19(13-28)23-10-5-18(15-30-23)17-4-11-24-22(12-17)26-25(16-31-24)33(2)27(35)34(26)21-8-6-20(7-9-21)32-36-3/h4-5,10-16,20-21,32H,6-9,28H2,1-3H3. The molecule has 0 saturated heterocycles. The summed E-state index contributed by atoms with van der Waals surface area (Å²) in [6.45, 7) is 0. The minimum absolute atomic E-state index is 0.0238. The zero-order valence-corrected chi connectivity index (χ0v) is 21.6. The van der Waals surface area contributed by atoms with Crippen molar-refractivity contribution in [1.29, 1.82) is 0 Å². The number of hydrogen-bond acceptors (Lipinski definition) is 7. The highest BCUT2D eigenvalue weighted by molar-refractivity contribution is 7.96. The van der Waals surface area contributed by atoms with Gasteiger partial charge in [-0.15, -0.1) is 0 Å². The van der Waals surface area contributed by atoms with Crippen molar-refractivity contribution in [1.82, 2.24) is 23.8 Å². The van der Waals surface area contributed by atoms with E-state index in [4.69, 9.17) is 5.73 Å². The summed E-state index contributed by atoms with van der Waals surface area (Å²) < 4.78 is 7.23. The number of aliphatic imine (C=N–C) groups is 1. The van der Waals surface area contributed by atoms with Gasteiger partial charge in [0.05, 0.1) is 28.4 Å². The van der Waals surface area contributed by atoms with Crippen LogP contribution in [0.1, 0.15) is 37.4 Å². The summed E-state index contributed by atoms with van der Waals surface area (Å²) in [6.07, 6.45) is 13.0. The van der Waals surface area contributed by atoms with E-state index in [2.05, 4.69) is 38.1 Å². The number of rotatable bonds is 6. The van der Waals surface area contributed by atoms with Crippen molar-refractivity contribution in [2.45, 2.75) is 37.8 Å². The average Bonchev–Trinajstić information content (AvgIpc) is 3.18. The predicted octanol–water partition coefficient (Wildman–Crippen LogP) is 4.30. The van der Waals surface area contributed by atoms with E-state index < -0.39 is 0 Å². The molecule has 1 aliphatic rings. The Morgan fingerprint density at radius 1 is 1.14 bits per heavy atom. The molecule has 1 aliphatic carbocycles. The number of nitrogens with zero attached hydrogens (tertiary/aromatic N) is 5. The third-order valence-electron chi connectivity index (χ3n) is 7.10. The van der Waals surface area contributed by atoms with E-state index in [-0.39, 0.29) is 11.7 Å². The van der Waals surface area contributed by atoms with Crippen molar-refractivity contribution < 1.29 is 0 Å². The SMILES string of the molecule is CN=CC(=CN)c1ccc(-c2ccc3ncc4c(c3c2)n(C2CCC(NSC)CC2)c(=O)n4C)cn1. The van der Waals surface area contributed by atoms with E-state index in [1.807, 2.05) is 42.2 Å². The van der Waals surface area contributed by atoms with E-state index >= 15 is 0 Å². The molecular formula is C27H31N7OS.